The van der Waals surface area contributed by atoms with Crippen molar-refractivity contribution in [3.8, 4) is 22.5 Å². The maximum Gasteiger partial charge on any atom is 0.319 e. The van der Waals surface area contributed by atoms with E-state index in [-0.39, 0.29) is 22.9 Å². The molecule has 1 saturated carbocycles. The molecule has 10 heteroatoms. The van der Waals surface area contributed by atoms with Gasteiger partial charge in [-0.25, -0.2) is 9.78 Å². The van der Waals surface area contributed by atoms with Gasteiger partial charge in [0.25, 0.3) is 0 Å². The highest BCUT2D eigenvalue weighted by molar-refractivity contribution is 5.95. The molecule has 3 N–H and O–H groups in total. The number of pyridine rings is 1. The van der Waals surface area contributed by atoms with Crippen LogP contribution in [0, 0.1) is 23.2 Å². The van der Waals surface area contributed by atoms with E-state index in [1.807, 2.05) is 44.2 Å². The maximum atomic E-state index is 13.6. The summed E-state index contributed by atoms with van der Waals surface area (Å²) in [6, 6.07) is 14.0. The number of benzene rings is 2. The lowest BCUT2D eigenvalue weighted by Crippen LogP contribution is -2.47. The lowest BCUT2D eigenvalue weighted by molar-refractivity contribution is -0.153. The van der Waals surface area contributed by atoms with Crippen LogP contribution in [0.5, 0.6) is 0 Å². The Morgan fingerprint density at radius 1 is 0.667 bits per heavy atom. The maximum absolute atomic E-state index is 13.6. The second kappa shape index (κ2) is 14.1. The second-order valence-corrected chi connectivity index (χ2v) is 16.3. The summed E-state index contributed by atoms with van der Waals surface area (Å²) in [5, 5.41) is 9.25. The first-order chi connectivity index (χ1) is 24.1. The molecule has 3 aromatic rings. The monoisotopic (exact) mass is 694 g/mol. The molecule has 3 amide bonds. The number of urea groups is 1. The number of rotatable bonds is 7. The van der Waals surface area contributed by atoms with Gasteiger partial charge >= 0.3 is 18.0 Å². The molecular formula is C41H50N4O6. The number of anilines is 2. The SMILES string of the molecule is COC(=O)C1CC(C(=O)Nc2ccc3c(c2)-c2nc4c(cc2CC3)CCc2ccc(NC(=O)NC(C)(C)CC(C)(C)C)cc2-4)CC(C(=O)OC)C1. The molecule has 3 aliphatic carbocycles. The molecule has 2 unspecified atom stereocenters. The average molecular weight is 695 g/mol. The Labute approximate surface area is 300 Å². The van der Waals surface area contributed by atoms with Crippen molar-refractivity contribution in [2.24, 2.45) is 23.2 Å². The molecule has 10 nitrogen and oxygen atoms in total. The Morgan fingerprint density at radius 2 is 1.14 bits per heavy atom. The van der Waals surface area contributed by atoms with E-state index in [1.165, 1.54) is 30.9 Å². The fourth-order valence-electron chi connectivity index (χ4n) is 8.51. The Bertz CT molecular complexity index is 1850. The molecular weight excluding hydrogens is 644 g/mol. The quantitative estimate of drug-likeness (QED) is 0.222. The van der Waals surface area contributed by atoms with Gasteiger partial charge in [0, 0.05) is 34.0 Å². The van der Waals surface area contributed by atoms with Crippen LogP contribution in [0.3, 0.4) is 0 Å². The van der Waals surface area contributed by atoms with Gasteiger partial charge in [0.05, 0.1) is 37.4 Å². The summed E-state index contributed by atoms with van der Waals surface area (Å²) in [5.41, 5.74) is 9.56. The summed E-state index contributed by atoms with van der Waals surface area (Å²) in [5.74, 6) is -2.74. The number of carbonyl (C=O) groups is 4. The van der Waals surface area contributed by atoms with Crippen LogP contribution in [0.25, 0.3) is 22.5 Å². The van der Waals surface area contributed by atoms with Crippen molar-refractivity contribution < 1.29 is 28.7 Å². The topological polar surface area (TPSA) is 136 Å². The molecule has 270 valence electrons. The summed E-state index contributed by atoms with van der Waals surface area (Å²) >= 11 is 0. The predicted molar refractivity (Wildman–Crippen MR) is 197 cm³/mol. The molecule has 0 spiro atoms. The number of fused-ring (bicyclic) bond motifs is 6. The van der Waals surface area contributed by atoms with Gasteiger partial charge in [-0.15, -0.1) is 0 Å². The molecule has 3 aliphatic rings. The number of aromatic nitrogens is 1. The van der Waals surface area contributed by atoms with Crippen molar-refractivity contribution in [2.45, 2.75) is 91.5 Å². The molecule has 0 bridgehead atoms. The lowest BCUT2D eigenvalue weighted by atomic mass is 9.74. The smallest absolute Gasteiger partial charge is 0.319 e. The first-order valence-corrected chi connectivity index (χ1v) is 18.0. The molecule has 2 atom stereocenters. The average Bonchev–Trinajstić information content (AvgIpc) is 3.08. The number of carbonyl (C=O) groups excluding carboxylic acids is 4. The van der Waals surface area contributed by atoms with E-state index < -0.39 is 29.7 Å². The van der Waals surface area contributed by atoms with Gasteiger partial charge in [-0.1, -0.05) is 39.0 Å². The molecule has 2 aromatic carbocycles. The third kappa shape index (κ3) is 8.10. The molecule has 0 saturated heterocycles. The van der Waals surface area contributed by atoms with Crippen molar-refractivity contribution in [3.63, 3.8) is 0 Å². The minimum Gasteiger partial charge on any atom is -0.469 e. The number of hydrogen-bond donors (Lipinski definition) is 3. The predicted octanol–water partition coefficient (Wildman–Crippen LogP) is 7.27. The van der Waals surface area contributed by atoms with Gasteiger partial charge in [-0.3, -0.25) is 14.4 Å². The zero-order valence-electron chi connectivity index (χ0n) is 30.8. The minimum atomic E-state index is -0.553. The van der Waals surface area contributed by atoms with Crippen LogP contribution >= 0.6 is 0 Å². The van der Waals surface area contributed by atoms with E-state index in [0.29, 0.717) is 30.6 Å². The van der Waals surface area contributed by atoms with Gasteiger partial charge in [0.1, 0.15) is 0 Å². The van der Waals surface area contributed by atoms with E-state index in [0.717, 1.165) is 60.2 Å². The van der Waals surface area contributed by atoms with Crippen LogP contribution in [0.2, 0.25) is 0 Å². The van der Waals surface area contributed by atoms with Gasteiger partial charge in [-0.2, -0.15) is 0 Å². The molecule has 1 fully saturated rings. The fourth-order valence-corrected chi connectivity index (χ4v) is 8.51. The molecule has 6 rings (SSSR count). The molecule has 51 heavy (non-hydrogen) atoms. The summed E-state index contributed by atoms with van der Waals surface area (Å²) in [7, 11) is 2.64. The van der Waals surface area contributed by atoms with Crippen LogP contribution in [0.4, 0.5) is 16.2 Å². The van der Waals surface area contributed by atoms with Crippen molar-refractivity contribution in [3.05, 3.63) is 64.7 Å². The highest BCUT2D eigenvalue weighted by Crippen LogP contribution is 2.41. The first-order valence-electron chi connectivity index (χ1n) is 18.0. The Hall–Kier alpha value is -4.73. The summed E-state index contributed by atoms with van der Waals surface area (Å²) < 4.78 is 9.92. The Balaban J connectivity index is 1.24. The van der Waals surface area contributed by atoms with Crippen molar-refractivity contribution in [1.82, 2.24) is 10.3 Å². The molecule has 1 heterocycles. The highest BCUT2D eigenvalue weighted by atomic mass is 16.5. The van der Waals surface area contributed by atoms with E-state index in [2.05, 4.69) is 48.9 Å². The highest BCUT2D eigenvalue weighted by Gasteiger charge is 2.40. The first kappa shape index (κ1) is 36.1. The second-order valence-electron chi connectivity index (χ2n) is 16.3. The van der Waals surface area contributed by atoms with E-state index in [1.54, 1.807) is 0 Å². The zero-order chi connectivity index (χ0) is 36.7. The van der Waals surface area contributed by atoms with Crippen molar-refractivity contribution in [1.29, 1.82) is 0 Å². The van der Waals surface area contributed by atoms with Gasteiger partial charge in [0.2, 0.25) is 5.91 Å². The van der Waals surface area contributed by atoms with Gasteiger partial charge < -0.3 is 25.4 Å². The van der Waals surface area contributed by atoms with Crippen LogP contribution < -0.4 is 16.0 Å². The number of nitrogens with zero attached hydrogens (tertiary/aromatic N) is 1. The number of ether oxygens (including phenoxy) is 2. The molecule has 0 aliphatic heterocycles. The van der Waals surface area contributed by atoms with E-state index in [4.69, 9.17) is 14.5 Å². The van der Waals surface area contributed by atoms with E-state index in [9.17, 15) is 19.2 Å². The third-order valence-corrected chi connectivity index (χ3v) is 10.3. The normalized spacial score (nSPS) is 19.3. The number of hydrogen-bond acceptors (Lipinski definition) is 7. The van der Waals surface area contributed by atoms with Crippen LogP contribution in [-0.2, 0) is 49.5 Å². The zero-order valence-corrected chi connectivity index (χ0v) is 30.8. The Kier molecular flexibility index (Phi) is 9.99. The van der Waals surface area contributed by atoms with E-state index >= 15 is 0 Å². The Morgan fingerprint density at radius 3 is 1.63 bits per heavy atom. The summed E-state index contributed by atoms with van der Waals surface area (Å²) in [4.78, 5) is 56.8. The molecule has 0 radical (unpaired) electrons. The van der Waals surface area contributed by atoms with Crippen LogP contribution in [0.15, 0.2) is 42.5 Å². The minimum absolute atomic E-state index is 0.0717. The summed E-state index contributed by atoms with van der Waals surface area (Å²) in [6.45, 7) is 10.6. The number of aryl methyl sites for hydroxylation is 4. The molecule has 1 aromatic heterocycles. The number of nitrogens with one attached hydrogen (secondary N) is 3. The summed E-state index contributed by atoms with van der Waals surface area (Å²) in [6.07, 6.45) is 5.28. The standard InChI is InChI=1S/C41H50N4O6/c1-40(2,3)22-41(4,5)45-39(49)43-31-15-13-24-9-11-26-16-25-10-8-23-12-14-30(20-32(23)34(25)44-35(26)33(24)21-31)42-36(46)27-17-28(37(47)50-6)19-29(18-27)38(48)51-7/h12-16,20-21,27-29H,8-11,17-19,22H2,1-7H3,(H,42,46)(H2,43,45,49). The van der Waals surface area contributed by atoms with Crippen molar-refractivity contribution in [2.75, 3.05) is 24.9 Å². The fraction of sp³-hybridized carbons (Fsp3) is 0.488. The lowest BCUT2D eigenvalue weighted by Gasteiger charge is -2.33. The van der Waals surface area contributed by atoms with Crippen molar-refractivity contribution >= 4 is 35.3 Å². The van der Waals surface area contributed by atoms with Gasteiger partial charge in [-0.05, 0) is 117 Å². The van der Waals surface area contributed by atoms with Crippen LogP contribution in [0.1, 0.15) is 82.6 Å². The van der Waals surface area contributed by atoms with Crippen LogP contribution in [-0.4, -0.2) is 48.6 Å². The van der Waals surface area contributed by atoms with Gasteiger partial charge in [0.15, 0.2) is 0 Å². The third-order valence-electron chi connectivity index (χ3n) is 10.3. The number of methoxy groups -OCH3 is 2. The number of amides is 3. The largest absolute Gasteiger partial charge is 0.469 e. The number of esters is 2.